The van der Waals surface area contributed by atoms with Gasteiger partial charge in [0, 0.05) is 6.07 Å². The predicted octanol–water partition coefficient (Wildman–Crippen LogP) is 1.98. The quantitative estimate of drug-likeness (QED) is 0.676. The molecule has 2 aromatic rings. The summed E-state index contributed by atoms with van der Waals surface area (Å²) in [6.45, 7) is 0. The van der Waals surface area contributed by atoms with E-state index in [0.717, 1.165) is 18.5 Å². The monoisotopic (exact) mass is 332 g/mol. The second-order valence-corrected chi connectivity index (χ2v) is 5.77. The third-order valence-corrected chi connectivity index (χ3v) is 3.83. The number of hydrogen-bond donors (Lipinski definition) is 1. The van der Waals surface area contributed by atoms with Gasteiger partial charge in [0.2, 0.25) is 5.82 Å². The Morgan fingerprint density at radius 1 is 1.29 bits per heavy atom. The van der Waals surface area contributed by atoms with Crippen LogP contribution in [0.3, 0.4) is 0 Å². The van der Waals surface area contributed by atoms with Crippen molar-refractivity contribution in [3.8, 4) is 0 Å². The lowest BCUT2D eigenvalue weighted by Crippen LogP contribution is -2.14. The molecule has 1 N–H and O–H groups in total. The van der Waals surface area contributed by atoms with E-state index in [0.29, 0.717) is 12.1 Å². The lowest BCUT2D eigenvalue weighted by Gasteiger charge is -2.07. The minimum absolute atomic E-state index is 0.0652. The molecule has 0 amide bonds. The van der Waals surface area contributed by atoms with Gasteiger partial charge in [0.15, 0.2) is 5.82 Å². The van der Waals surface area contributed by atoms with E-state index < -0.39 is 31.3 Å². The van der Waals surface area contributed by atoms with Crippen LogP contribution in [0.1, 0.15) is 0 Å². The molecular formula is C10H6ClFN4O4S. The molecule has 0 atom stereocenters. The zero-order chi connectivity index (χ0) is 15.6. The summed E-state index contributed by atoms with van der Waals surface area (Å²) in [4.78, 5) is 16.4. The SMILES string of the molecule is O=[N+]([O-])c1cc(S(=O)(=O)Nc2cnc(Cl)cn2)ccc1F. The zero-order valence-electron chi connectivity index (χ0n) is 10.0. The molecule has 0 aliphatic heterocycles. The molecule has 0 radical (unpaired) electrons. The normalized spacial score (nSPS) is 11.1. The molecule has 2 rings (SSSR count). The van der Waals surface area contributed by atoms with E-state index >= 15 is 0 Å². The molecule has 0 saturated carbocycles. The van der Waals surface area contributed by atoms with Crippen molar-refractivity contribution >= 4 is 33.1 Å². The third-order valence-electron chi connectivity index (χ3n) is 2.28. The molecule has 0 aliphatic rings. The first-order chi connectivity index (χ1) is 9.79. The second kappa shape index (κ2) is 5.58. The van der Waals surface area contributed by atoms with Crippen molar-refractivity contribution in [2.45, 2.75) is 4.90 Å². The Balaban J connectivity index is 2.38. The van der Waals surface area contributed by atoms with Gasteiger partial charge in [0.1, 0.15) is 5.15 Å². The molecule has 1 aromatic heterocycles. The van der Waals surface area contributed by atoms with Gasteiger partial charge in [-0.05, 0) is 12.1 Å². The Kier molecular flexibility index (Phi) is 4.00. The van der Waals surface area contributed by atoms with Gasteiger partial charge in [-0.15, -0.1) is 0 Å². The van der Waals surface area contributed by atoms with Crippen LogP contribution >= 0.6 is 11.6 Å². The van der Waals surface area contributed by atoms with E-state index in [2.05, 4.69) is 9.97 Å². The predicted molar refractivity (Wildman–Crippen MR) is 70.9 cm³/mol. The van der Waals surface area contributed by atoms with Gasteiger partial charge in [-0.25, -0.2) is 18.4 Å². The van der Waals surface area contributed by atoms with Crippen LogP contribution in [-0.4, -0.2) is 23.3 Å². The summed E-state index contributed by atoms with van der Waals surface area (Å²) in [5, 5.41) is 10.7. The number of nitro benzene ring substituents is 1. The van der Waals surface area contributed by atoms with Crippen molar-refractivity contribution < 1.29 is 17.7 Å². The van der Waals surface area contributed by atoms with E-state index in [1.54, 1.807) is 0 Å². The topological polar surface area (TPSA) is 115 Å². The number of anilines is 1. The van der Waals surface area contributed by atoms with Crippen LogP contribution in [-0.2, 0) is 10.0 Å². The van der Waals surface area contributed by atoms with E-state index in [1.165, 1.54) is 0 Å². The number of benzene rings is 1. The Hall–Kier alpha value is -2.33. The van der Waals surface area contributed by atoms with Crippen molar-refractivity contribution in [2.24, 2.45) is 0 Å². The van der Waals surface area contributed by atoms with Gasteiger partial charge in [0.25, 0.3) is 10.0 Å². The van der Waals surface area contributed by atoms with Gasteiger partial charge in [0.05, 0.1) is 22.2 Å². The van der Waals surface area contributed by atoms with Crippen LogP contribution < -0.4 is 4.72 Å². The Labute approximate surface area is 122 Å². The minimum atomic E-state index is -4.17. The average molecular weight is 333 g/mol. The maximum absolute atomic E-state index is 13.2. The molecule has 0 unspecified atom stereocenters. The molecule has 0 bridgehead atoms. The summed E-state index contributed by atoms with van der Waals surface area (Å²) in [6, 6.07) is 2.20. The highest BCUT2D eigenvalue weighted by atomic mass is 35.5. The number of hydrogen-bond acceptors (Lipinski definition) is 6. The standard InChI is InChI=1S/C10H6ClFN4O4S/c11-9-4-14-10(5-13-9)15-21(19,20)6-1-2-7(12)8(3-6)16(17)18/h1-5H,(H,14,15). The summed E-state index contributed by atoms with van der Waals surface area (Å²) >= 11 is 5.51. The Morgan fingerprint density at radius 2 is 2.00 bits per heavy atom. The van der Waals surface area contributed by atoms with E-state index in [-0.39, 0.29) is 11.0 Å². The smallest absolute Gasteiger partial charge is 0.262 e. The number of nitro groups is 1. The highest BCUT2D eigenvalue weighted by Gasteiger charge is 2.22. The van der Waals surface area contributed by atoms with Crippen LogP contribution in [0.25, 0.3) is 0 Å². The fourth-order valence-electron chi connectivity index (χ4n) is 1.36. The van der Waals surface area contributed by atoms with Crippen LogP contribution in [0, 0.1) is 15.9 Å². The number of nitrogens with one attached hydrogen (secondary N) is 1. The number of rotatable bonds is 4. The van der Waals surface area contributed by atoms with Crippen molar-refractivity contribution in [3.05, 3.63) is 51.7 Å². The Bertz CT molecular complexity index is 797. The van der Waals surface area contributed by atoms with E-state index in [1.807, 2.05) is 4.72 Å². The number of halogens is 2. The molecule has 11 heteroatoms. The molecule has 1 aromatic carbocycles. The van der Waals surface area contributed by atoms with Crippen molar-refractivity contribution in [3.63, 3.8) is 0 Å². The van der Waals surface area contributed by atoms with Gasteiger partial charge in [-0.3, -0.25) is 14.8 Å². The van der Waals surface area contributed by atoms with Crippen LogP contribution in [0.2, 0.25) is 5.15 Å². The van der Waals surface area contributed by atoms with Crippen molar-refractivity contribution in [2.75, 3.05) is 4.72 Å². The first kappa shape index (κ1) is 15.1. The molecule has 0 saturated heterocycles. The molecule has 110 valence electrons. The summed E-state index contributed by atoms with van der Waals surface area (Å²) in [7, 11) is -4.17. The molecule has 1 heterocycles. The minimum Gasteiger partial charge on any atom is -0.262 e. The highest BCUT2D eigenvalue weighted by molar-refractivity contribution is 7.92. The van der Waals surface area contributed by atoms with Gasteiger partial charge >= 0.3 is 5.69 Å². The first-order valence-electron chi connectivity index (χ1n) is 5.24. The lowest BCUT2D eigenvalue weighted by molar-refractivity contribution is -0.387. The van der Waals surface area contributed by atoms with E-state index in [4.69, 9.17) is 11.6 Å². The lowest BCUT2D eigenvalue weighted by atomic mass is 10.3. The first-order valence-corrected chi connectivity index (χ1v) is 7.10. The molecular weight excluding hydrogens is 327 g/mol. The zero-order valence-corrected chi connectivity index (χ0v) is 11.6. The summed E-state index contributed by atoms with van der Waals surface area (Å²) in [5.74, 6) is -1.27. The van der Waals surface area contributed by atoms with Gasteiger partial charge < -0.3 is 0 Å². The largest absolute Gasteiger partial charge is 0.306 e. The second-order valence-electron chi connectivity index (χ2n) is 3.70. The molecule has 0 aliphatic carbocycles. The van der Waals surface area contributed by atoms with Crippen LogP contribution in [0.4, 0.5) is 15.9 Å². The Morgan fingerprint density at radius 3 is 2.57 bits per heavy atom. The molecule has 0 fully saturated rings. The molecule has 8 nitrogen and oxygen atoms in total. The highest BCUT2D eigenvalue weighted by Crippen LogP contribution is 2.22. The summed E-state index contributed by atoms with van der Waals surface area (Å²) < 4.78 is 39.3. The summed E-state index contributed by atoms with van der Waals surface area (Å²) in [5.41, 5.74) is -0.944. The fraction of sp³-hybridized carbons (Fsp3) is 0. The molecule has 0 spiro atoms. The van der Waals surface area contributed by atoms with Crippen molar-refractivity contribution in [1.29, 1.82) is 0 Å². The number of sulfonamides is 1. The van der Waals surface area contributed by atoms with Gasteiger partial charge in [-0.2, -0.15) is 4.39 Å². The maximum atomic E-state index is 13.2. The number of aromatic nitrogens is 2. The third kappa shape index (κ3) is 3.41. The summed E-state index contributed by atoms with van der Waals surface area (Å²) in [6.07, 6.45) is 2.18. The van der Waals surface area contributed by atoms with Gasteiger partial charge in [-0.1, -0.05) is 11.6 Å². The number of nitrogens with zero attached hydrogens (tertiary/aromatic N) is 3. The fourth-order valence-corrected chi connectivity index (χ4v) is 2.47. The van der Waals surface area contributed by atoms with E-state index in [9.17, 15) is 22.9 Å². The average Bonchev–Trinajstić information content (AvgIpc) is 2.41. The maximum Gasteiger partial charge on any atom is 0.306 e. The van der Waals surface area contributed by atoms with Crippen LogP contribution in [0.15, 0.2) is 35.5 Å². The van der Waals surface area contributed by atoms with Crippen LogP contribution in [0.5, 0.6) is 0 Å². The van der Waals surface area contributed by atoms with Crippen molar-refractivity contribution in [1.82, 2.24) is 9.97 Å². The molecule has 21 heavy (non-hydrogen) atoms.